The Morgan fingerprint density at radius 1 is 1.00 bits per heavy atom. The molecule has 0 N–H and O–H groups in total. The monoisotopic (exact) mass is 344 g/mol. The zero-order chi connectivity index (χ0) is 17.5. The smallest absolute Gasteiger partial charge is 0.186 e. The van der Waals surface area contributed by atoms with Crippen molar-refractivity contribution in [3.63, 3.8) is 0 Å². The van der Waals surface area contributed by atoms with E-state index in [-0.39, 0.29) is 14.1 Å². The Morgan fingerprint density at radius 2 is 1.62 bits per heavy atom. The minimum absolute atomic E-state index is 0.125. The van der Waals surface area contributed by atoms with Gasteiger partial charge in [0.15, 0.2) is 5.52 Å². The Kier molecular flexibility index (Phi) is 6.96. The summed E-state index contributed by atoms with van der Waals surface area (Å²) in [5.41, 5.74) is 4.35. The van der Waals surface area contributed by atoms with E-state index in [0.29, 0.717) is 19.8 Å². The largest absolute Gasteiger partial charge is 0.491 e. The van der Waals surface area contributed by atoms with Gasteiger partial charge in [0.05, 0.1) is 6.61 Å². The molecule has 0 aliphatic heterocycles. The van der Waals surface area contributed by atoms with Crippen LogP contribution in [0.2, 0.25) is 0 Å². The van der Waals surface area contributed by atoms with Gasteiger partial charge in [-0.25, -0.2) is 0 Å². The summed E-state index contributed by atoms with van der Waals surface area (Å²) < 4.78 is 10.8. The Morgan fingerprint density at radius 3 is 2.21 bits per heavy atom. The zero-order valence-corrected chi connectivity index (χ0v) is 15.8. The highest BCUT2D eigenvalue weighted by Crippen LogP contribution is 2.25. The zero-order valence-electron chi connectivity index (χ0n) is 14.8. The Bertz CT molecular complexity index is 670. The van der Waals surface area contributed by atoms with Gasteiger partial charge in [-0.05, 0) is 64.8 Å². The van der Waals surface area contributed by atoms with Crippen LogP contribution >= 0.6 is 8.58 Å². The van der Waals surface area contributed by atoms with Crippen molar-refractivity contribution in [3.8, 4) is 5.75 Å². The van der Waals surface area contributed by atoms with E-state index in [1.165, 1.54) is 5.56 Å². The van der Waals surface area contributed by atoms with E-state index in [4.69, 9.17) is 9.47 Å². The second-order valence-corrected chi connectivity index (χ2v) is 7.08. The summed E-state index contributed by atoms with van der Waals surface area (Å²) in [4.78, 5) is 12.7. The second-order valence-electron chi connectivity index (χ2n) is 5.80. The molecule has 0 fully saturated rings. The number of carbonyl (C=O) groups excluding carboxylic acids is 1. The molecular weight excluding hydrogens is 319 g/mol. The number of hydrogen-bond acceptors (Lipinski definition) is 3. The van der Waals surface area contributed by atoms with Crippen molar-refractivity contribution < 1.29 is 14.3 Å². The lowest BCUT2D eigenvalue weighted by molar-refractivity contribution is 0.108. The van der Waals surface area contributed by atoms with E-state index in [1.807, 2.05) is 45.0 Å². The third kappa shape index (κ3) is 5.15. The van der Waals surface area contributed by atoms with Gasteiger partial charge >= 0.3 is 0 Å². The van der Waals surface area contributed by atoms with Crippen molar-refractivity contribution in [2.45, 2.75) is 27.7 Å². The molecule has 0 saturated heterocycles. The van der Waals surface area contributed by atoms with E-state index < -0.39 is 0 Å². The fourth-order valence-electron chi connectivity index (χ4n) is 2.73. The minimum atomic E-state index is 0.125. The molecule has 0 bridgehead atoms. The van der Waals surface area contributed by atoms with Gasteiger partial charge in [0.25, 0.3) is 0 Å². The van der Waals surface area contributed by atoms with Crippen LogP contribution in [-0.4, -0.2) is 25.3 Å². The van der Waals surface area contributed by atoms with E-state index in [0.717, 1.165) is 27.7 Å². The molecule has 0 aliphatic rings. The number of benzene rings is 2. The van der Waals surface area contributed by atoms with Gasteiger partial charge in [0.2, 0.25) is 0 Å². The third-order valence-corrected chi connectivity index (χ3v) is 4.82. The first-order valence-electron chi connectivity index (χ1n) is 8.21. The van der Waals surface area contributed by atoms with Crippen LogP contribution in [0.4, 0.5) is 0 Å². The maximum absolute atomic E-state index is 12.7. The lowest BCUT2D eigenvalue weighted by Gasteiger charge is -2.11. The maximum Gasteiger partial charge on any atom is 0.186 e. The first-order chi connectivity index (χ1) is 11.5. The molecule has 0 heterocycles. The molecule has 2 aromatic rings. The molecule has 0 aromatic heterocycles. The van der Waals surface area contributed by atoms with Crippen molar-refractivity contribution >= 4 is 19.4 Å². The van der Waals surface area contributed by atoms with Gasteiger partial charge in [-0.1, -0.05) is 29.8 Å². The van der Waals surface area contributed by atoms with Crippen LogP contribution in [0.15, 0.2) is 36.4 Å². The SMILES string of the molecule is CCOCCOc1ccc(PC(=O)c2c(C)cc(C)cc2C)cc1. The van der Waals surface area contributed by atoms with Crippen molar-refractivity contribution in [2.24, 2.45) is 0 Å². The van der Waals surface area contributed by atoms with Crippen molar-refractivity contribution in [1.82, 2.24) is 0 Å². The summed E-state index contributed by atoms with van der Waals surface area (Å²) in [7, 11) is 0.125. The fourth-order valence-corrected chi connectivity index (χ4v) is 3.84. The van der Waals surface area contributed by atoms with E-state index in [9.17, 15) is 4.79 Å². The highest BCUT2D eigenvalue weighted by molar-refractivity contribution is 7.66. The van der Waals surface area contributed by atoms with Crippen LogP contribution < -0.4 is 10.0 Å². The molecular formula is C20H25O3P. The standard InChI is InChI=1S/C20H25O3P/c1-5-22-10-11-23-17-6-8-18(9-7-17)24-20(21)19-15(3)12-14(2)13-16(19)4/h6-9,12-13,24H,5,10-11H2,1-4H3. The van der Waals surface area contributed by atoms with Crippen LogP contribution in [-0.2, 0) is 4.74 Å². The number of ether oxygens (including phenoxy) is 2. The summed E-state index contributed by atoms with van der Waals surface area (Å²) in [6, 6.07) is 11.9. The van der Waals surface area contributed by atoms with E-state index in [1.54, 1.807) is 0 Å². The Balaban J connectivity index is 2.00. The molecule has 3 nitrogen and oxygen atoms in total. The van der Waals surface area contributed by atoms with Gasteiger partial charge < -0.3 is 9.47 Å². The summed E-state index contributed by atoms with van der Waals surface area (Å²) >= 11 is 0. The van der Waals surface area contributed by atoms with Crippen LogP contribution in [0.25, 0.3) is 0 Å². The quantitative estimate of drug-likeness (QED) is 0.532. The molecule has 0 amide bonds. The summed E-state index contributed by atoms with van der Waals surface area (Å²) in [6.07, 6.45) is 0. The molecule has 0 aliphatic carbocycles. The lowest BCUT2D eigenvalue weighted by atomic mass is 10.0. The van der Waals surface area contributed by atoms with E-state index >= 15 is 0 Å². The van der Waals surface area contributed by atoms with Crippen LogP contribution in [0.1, 0.15) is 34.0 Å². The molecule has 2 aromatic carbocycles. The van der Waals surface area contributed by atoms with Crippen LogP contribution in [0, 0.1) is 20.8 Å². The lowest BCUT2D eigenvalue weighted by Crippen LogP contribution is -2.07. The molecule has 24 heavy (non-hydrogen) atoms. The molecule has 0 saturated carbocycles. The molecule has 0 spiro atoms. The summed E-state index contributed by atoms with van der Waals surface area (Å²) in [5, 5.41) is 1.02. The Hall–Kier alpha value is -1.70. The topological polar surface area (TPSA) is 35.5 Å². The number of aryl methyl sites for hydroxylation is 3. The minimum Gasteiger partial charge on any atom is -0.491 e. The van der Waals surface area contributed by atoms with Gasteiger partial charge in [-0.2, -0.15) is 0 Å². The van der Waals surface area contributed by atoms with Crippen molar-refractivity contribution in [1.29, 1.82) is 0 Å². The highest BCUT2D eigenvalue weighted by atomic mass is 31.1. The fraction of sp³-hybridized carbons (Fsp3) is 0.350. The molecule has 0 radical (unpaired) electrons. The van der Waals surface area contributed by atoms with Gasteiger partial charge in [0.1, 0.15) is 12.4 Å². The van der Waals surface area contributed by atoms with E-state index in [2.05, 4.69) is 19.1 Å². The van der Waals surface area contributed by atoms with Gasteiger partial charge in [0, 0.05) is 12.2 Å². The average Bonchev–Trinajstić information content (AvgIpc) is 2.52. The predicted molar refractivity (Wildman–Crippen MR) is 101 cm³/mol. The predicted octanol–water partition coefficient (Wildman–Crippen LogP) is 4.17. The molecule has 1 atom stereocenters. The second kappa shape index (κ2) is 8.96. The molecule has 1 unspecified atom stereocenters. The van der Waals surface area contributed by atoms with Gasteiger partial charge in [-0.15, -0.1) is 0 Å². The van der Waals surface area contributed by atoms with Crippen LogP contribution in [0.3, 0.4) is 0 Å². The summed E-state index contributed by atoms with van der Waals surface area (Å²) in [6.45, 7) is 9.86. The summed E-state index contributed by atoms with van der Waals surface area (Å²) in [5.74, 6) is 0.804. The normalized spacial score (nSPS) is 11.2. The first-order valence-corrected chi connectivity index (χ1v) is 9.21. The van der Waals surface area contributed by atoms with Crippen molar-refractivity contribution in [3.05, 3.63) is 58.7 Å². The molecule has 128 valence electrons. The van der Waals surface area contributed by atoms with Crippen LogP contribution in [0.5, 0.6) is 5.75 Å². The highest BCUT2D eigenvalue weighted by Gasteiger charge is 2.13. The maximum atomic E-state index is 12.7. The van der Waals surface area contributed by atoms with Gasteiger partial charge in [-0.3, -0.25) is 4.79 Å². The number of rotatable bonds is 8. The Labute approximate surface area is 146 Å². The third-order valence-electron chi connectivity index (χ3n) is 3.72. The number of carbonyl (C=O) groups is 1. The first kappa shape index (κ1) is 18.6. The number of hydrogen-bond donors (Lipinski definition) is 0. The molecule has 2 rings (SSSR count). The van der Waals surface area contributed by atoms with Crippen molar-refractivity contribution in [2.75, 3.05) is 19.8 Å². The average molecular weight is 344 g/mol. The molecule has 4 heteroatoms.